The maximum absolute atomic E-state index is 12.6. The Labute approximate surface area is 162 Å². The summed E-state index contributed by atoms with van der Waals surface area (Å²) in [5.74, 6) is 1.03. The van der Waals surface area contributed by atoms with Crippen LogP contribution in [0.15, 0.2) is 43.0 Å². The maximum atomic E-state index is 12.6. The predicted octanol–water partition coefficient (Wildman–Crippen LogP) is 3.06. The number of amides is 1. The van der Waals surface area contributed by atoms with Crippen LogP contribution in [0.2, 0.25) is 5.02 Å². The Morgan fingerprint density at radius 3 is 2.78 bits per heavy atom. The second kappa shape index (κ2) is 6.23. The van der Waals surface area contributed by atoms with Crippen LogP contribution in [0.25, 0.3) is 0 Å². The van der Waals surface area contributed by atoms with Crippen molar-refractivity contribution < 1.29 is 4.79 Å². The molecule has 6 nitrogen and oxygen atoms in total. The van der Waals surface area contributed by atoms with Gasteiger partial charge in [-0.3, -0.25) is 4.79 Å². The summed E-state index contributed by atoms with van der Waals surface area (Å²) in [4.78, 5) is 24.9. The lowest BCUT2D eigenvalue weighted by molar-refractivity contribution is 0.0950. The standard InChI is InChI=1S/C20H20ClN5O/c21-15-3-1-13(2-4-15)14-9-16-17(18(27)23-10-14)25-19(24-16)20(5-6-20)11-26-8-7-22-12-26/h1-4,7-8,12,14H,5-6,9-11H2,(H,23,27)(H,24,25)/t14-/m0/s1. The number of imidazole rings is 2. The molecule has 1 aliphatic heterocycles. The molecule has 0 radical (unpaired) electrons. The molecule has 0 bridgehead atoms. The van der Waals surface area contributed by atoms with Crippen molar-refractivity contribution in [1.82, 2.24) is 24.8 Å². The number of aromatic amines is 1. The number of rotatable bonds is 4. The van der Waals surface area contributed by atoms with E-state index in [0.717, 1.165) is 42.3 Å². The number of nitrogens with zero attached hydrogens (tertiary/aromatic N) is 3. The molecule has 1 fully saturated rings. The van der Waals surface area contributed by atoms with E-state index in [1.165, 1.54) is 5.56 Å². The van der Waals surface area contributed by atoms with Crippen molar-refractivity contribution in [3.8, 4) is 0 Å². The van der Waals surface area contributed by atoms with Crippen molar-refractivity contribution in [2.24, 2.45) is 0 Å². The average molecular weight is 382 g/mol. The second-order valence-corrected chi connectivity index (χ2v) is 8.03. The lowest BCUT2D eigenvalue weighted by atomic mass is 9.94. The molecule has 1 amide bonds. The van der Waals surface area contributed by atoms with Gasteiger partial charge in [0.1, 0.15) is 11.5 Å². The fraction of sp³-hybridized carbons (Fsp3) is 0.350. The number of nitrogens with one attached hydrogen (secondary N) is 2. The highest BCUT2D eigenvalue weighted by atomic mass is 35.5. The van der Waals surface area contributed by atoms with Crippen LogP contribution in [0.3, 0.4) is 0 Å². The molecule has 0 unspecified atom stereocenters. The zero-order valence-electron chi connectivity index (χ0n) is 14.8. The highest BCUT2D eigenvalue weighted by Crippen LogP contribution is 2.48. The first-order valence-corrected chi connectivity index (χ1v) is 9.59. The number of benzene rings is 1. The third-order valence-electron chi connectivity index (χ3n) is 5.70. The molecule has 1 saturated carbocycles. The largest absolute Gasteiger partial charge is 0.350 e. The highest BCUT2D eigenvalue weighted by Gasteiger charge is 2.48. The van der Waals surface area contributed by atoms with Crippen molar-refractivity contribution in [2.45, 2.75) is 37.1 Å². The van der Waals surface area contributed by atoms with E-state index in [1.54, 1.807) is 6.20 Å². The molecule has 2 aromatic heterocycles. The predicted molar refractivity (Wildman–Crippen MR) is 102 cm³/mol. The van der Waals surface area contributed by atoms with E-state index < -0.39 is 0 Å². The molecule has 1 aliphatic carbocycles. The fourth-order valence-electron chi connectivity index (χ4n) is 3.94. The third kappa shape index (κ3) is 3.04. The van der Waals surface area contributed by atoms with Gasteiger partial charge in [-0.15, -0.1) is 0 Å². The molecule has 0 saturated heterocycles. The van der Waals surface area contributed by atoms with Gasteiger partial charge in [-0.25, -0.2) is 9.97 Å². The quantitative estimate of drug-likeness (QED) is 0.729. The van der Waals surface area contributed by atoms with Gasteiger partial charge in [0.15, 0.2) is 0 Å². The van der Waals surface area contributed by atoms with Crippen LogP contribution in [0.5, 0.6) is 0 Å². The molecule has 1 aromatic carbocycles. The van der Waals surface area contributed by atoms with Crippen molar-refractivity contribution in [2.75, 3.05) is 6.54 Å². The van der Waals surface area contributed by atoms with E-state index in [2.05, 4.69) is 19.9 Å². The topological polar surface area (TPSA) is 75.6 Å². The summed E-state index contributed by atoms with van der Waals surface area (Å²) in [6, 6.07) is 7.85. The van der Waals surface area contributed by atoms with Crippen LogP contribution in [0, 0.1) is 0 Å². The van der Waals surface area contributed by atoms with Crippen LogP contribution in [-0.2, 0) is 18.4 Å². The van der Waals surface area contributed by atoms with Crippen LogP contribution in [0.1, 0.15) is 46.3 Å². The number of carbonyl (C=O) groups is 1. The first-order valence-electron chi connectivity index (χ1n) is 9.22. The lowest BCUT2D eigenvalue weighted by Gasteiger charge is -2.16. The molecule has 3 aromatic rings. The van der Waals surface area contributed by atoms with E-state index in [-0.39, 0.29) is 17.2 Å². The summed E-state index contributed by atoms with van der Waals surface area (Å²) in [5.41, 5.74) is 2.63. The fourth-order valence-corrected chi connectivity index (χ4v) is 4.06. The maximum Gasteiger partial charge on any atom is 0.271 e. The Balaban J connectivity index is 1.45. The average Bonchev–Trinajstić information content (AvgIpc) is 3.10. The molecule has 27 heavy (non-hydrogen) atoms. The van der Waals surface area contributed by atoms with Crippen LogP contribution in [0.4, 0.5) is 0 Å². The highest BCUT2D eigenvalue weighted by molar-refractivity contribution is 6.30. The summed E-state index contributed by atoms with van der Waals surface area (Å²) >= 11 is 6.01. The molecular formula is C20H20ClN5O. The van der Waals surface area contributed by atoms with Crippen molar-refractivity contribution in [3.63, 3.8) is 0 Å². The number of hydrogen-bond donors (Lipinski definition) is 2. The van der Waals surface area contributed by atoms with Crippen molar-refractivity contribution in [1.29, 1.82) is 0 Å². The molecular weight excluding hydrogens is 362 g/mol. The third-order valence-corrected chi connectivity index (χ3v) is 5.95. The molecule has 1 atom stereocenters. The Hall–Kier alpha value is -2.60. The zero-order valence-corrected chi connectivity index (χ0v) is 15.5. The van der Waals surface area contributed by atoms with Crippen LogP contribution in [-0.4, -0.2) is 32.0 Å². The minimum absolute atomic E-state index is 0.0110. The van der Waals surface area contributed by atoms with Gasteiger partial charge in [0.25, 0.3) is 5.91 Å². The van der Waals surface area contributed by atoms with Gasteiger partial charge >= 0.3 is 0 Å². The number of aromatic nitrogens is 4. The normalized spacial score (nSPS) is 20.6. The smallest absolute Gasteiger partial charge is 0.271 e. The van der Waals surface area contributed by atoms with Gasteiger partial charge in [0.05, 0.1) is 6.33 Å². The summed E-state index contributed by atoms with van der Waals surface area (Å²) in [5, 5.41) is 3.74. The first-order chi connectivity index (χ1) is 13.1. The van der Waals surface area contributed by atoms with E-state index in [0.29, 0.717) is 12.2 Å². The molecule has 2 N–H and O–H groups in total. The van der Waals surface area contributed by atoms with Crippen molar-refractivity contribution in [3.05, 3.63) is 70.8 Å². The number of halogens is 1. The van der Waals surface area contributed by atoms with Gasteiger partial charge in [0, 0.05) is 47.5 Å². The zero-order chi connectivity index (χ0) is 18.4. The number of H-pyrrole nitrogens is 1. The Morgan fingerprint density at radius 2 is 2.07 bits per heavy atom. The molecule has 5 rings (SSSR count). The molecule has 138 valence electrons. The summed E-state index contributed by atoms with van der Waals surface area (Å²) in [6.45, 7) is 1.43. The Morgan fingerprint density at radius 1 is 1.26 bits per heavy atom. The van der Waals surface area contributed by atoms with E-state index in [9.17, 15) is 4.79 Å². The number of carbonyl (C=O) groups excluding carboxylic acids is 1. The summed E-state index contributed by atoms with van der Waals surface area (Å²) in [6.07, 6.45) is 8.48. The molecule has 7 heteroatoms. The van der Waals surface area contributed by atoms with Gasteiger partial charge in [-0.2, -0.15) is 0 Å². The van der Waals surface area contributed by atoms with Crippen LogP contribution < -0.4 is 5.32 Å². The lowest BCUT2D eigenvalue weighted by Crippen LogP contribution is -2.27. The van der Waals surface area contributed by atoms with E-state index in [1.807, 2.05) is 36.8 Å². The van der Waals surface area contributed by atoms with Gasteiger partial charge in [-0.1, -0.05) is 23.7 Å². The SMILES string of the molecule is O=C1NC[C@@H](c2ccc(Cl)cc2)Cc2[nH]c(C3(Cn4ccnc4)CC3)nc21. The second-order valence-electron chi connectivity index (χ2n) is 7.59. The molecule has 0 spiro atoms. The summed E-state index contributed by atoms with van der Waals surface area (Å²) in [7, 11) is 0. The van der Waals surface area contributed by atoms with Crippen LogP contribution >= 0.6 is 11.6 Å². The van der Waals surface area contributed by atoms with Gasteiger partial charge in [0.2, 0.25) is 0 Å². The van der Waals surface area contributed by atoms with Gasteiger partial charge < -0.3 is 14.9 Å². The molecule has 2 aliphatic rings. The molecule has 3 heterocycles. The number of fused-ring (bicyclic) bond motifs is 1. The summed E-state index contributed by atoms with van der Waals surface area (Å²) < 4.78 is 2.08. The minimum atomic E-state index is -0.0950. The monoisotopic (exact) mass is 381 g/mol. The minimum Gasteiger partial charge on any atom is -0.350 e. The number of hydrogen-bond acceptors (Lipinski definition) is 3. The van der Waals surface area contributed by atoms with Crippen molar-refractivity contribution >= 4 is 17.5 Å². The first kappa shape index (κ1) is 16.6. The van der Waals surface area contributed by atoms with E-state index >= 15 is 0 Å². The van der Waals surface area contributed by atoms with Gasteiger partial charge in [-0.05, 0) is 37.0 Å². The Kier molecular flexibility index (Phi) is 3.82. The Bertz CT molecular complexity index is 972. The van der Waals surface area contributed by atoms with E-state index in [4.69, 9.17) is 16.6 Å².